The van der Waals surface area contributed by atoms with Gasteiger partial charge in [-0.15, -0.1) is 0 Å². The molecule has 2 rings (SSSR count). The molecule has 3 nitrogen and oxygen atoms in total. The summed E-state index contributed by atoms with van der Waals surface area (Å²) in [7, 11) is 3.13. The van der Waals surface area contributed by atoms with Crippen molar-refractivity contribution in [3.63, 3.8) is 0 Å². The molecule has 0 bridgehead atoms. The third-order valence-corrected chi connectivity index (χ3v) is 2.58. The first kappa shape index (κ1) is 9.77. The maximum Gasteiger partial charge on any atom is 0.167 e. The molecule has 0 spiro atoms. The molecular weight excluding hydrogens is 192 g/mol. The van der Waals surface area contributed by atoms with Gasteiger partial charge in [-0.2, -0.15) is 0 Å². The molecule has 0 saturated heterocycles. The summed E-state index contributed by atoms with van der Waals surface area (Å²) in [6.45, 7) is 3.86. The van der Waals surface area contributed by atoms with E-state index in [-0.39, 0.29) is 5.78 Å². The molecule has 1 aliphatic rings. The van der Waals surface area contributed by atoms with Crippen LogP contribution in [-0.2, 0) is 0 Å². The quantitative estimate of drug-likeness (QED) is 0.741. The molecule has 0 amide bonds. The van der Waals surface area contributed by atoms with Gasteiger partial charge in [-0.3, -0.25) is 4.79 Å². The van der Waals surface area contributed by atoms with Crippen LogP contribution in [-0.4, -0.2) is 20.0 Å². The van der Waals surface area contributed by atoms with Crippen LogP contribution < -0.4 is 9.47 Å². The summed E-state index contributed by atoms with van der Waals surface area (Å²) in [5.41, 5.74) is 2.39. The number of benzene rings is 1. The second-order valence-corrected chi connectivity index (χ2v) is 3.46. The number of Topliss-reactive ketones (excluding diaryl/α,β-unsaturated/α-hetero) is 1. The van der Waals surface area contributed by atoms with Crippen molar-refractivity contribution in [3.05, 3.63) is 29.8 Å². The van der Waals surface area contributed by atoms with Gasteiger partial charge >= 0.3 is 0 Å². The Kier molecular flexibility index (Phi) is 2.23. The summed E-state index contributed by atoms with van der Waals surface area (Å²) in [5, 5.41) is 0. The zero-order valence-corrected chi connectivity index (χ0v) is 8.79. The van der Waals surface area contributed by atoms with E-state index in [2.05, 4.69) is 6.58 Å². The molecule has 0 unspecified atom stereocenters. The number of ether oxygens (including phenoxy) is 2. The average Bonchev–Trinajstić information content (AvgIpc) is 2.52. The summed E-state index contributed by atoms with van der Waals surface area (Å²) < 4.78 is 10.3. The summed E-state index contributed by atoms with van der Waals surface area (Å²) in [6.07, 6.45) is 0.394. The number of hydrogen-bond acceptors (Lipinski definition) is 3. The second kappa shape index (κ2) is 3.42. The van der Waals surface area contributed by atoms with E-state index < -0.39 is 0 Å². The zero-order valence-electron chi connectivity index (χ0n) is 8.79. The van der Waals surface area contributed by atoms with E-state index in [1.54, 1.807) is 26.4 Å². The van der Waals surface area contributed by atoms with Crippen LogP contribution in [0.4, 0.5) is 0 Å². The Morgan fingerprint density at radius 1 is 1.13 bits per heavy atom. The smallest absolute Gasteiger partial charge is 0.167 e. The Bertz CT molecular complexity index is 405. The van der Waals surface area contributed by atoms with Gasteiger partial charge in [0.1, 0.15) is 0 Å². The van der Waals surface area contributed by atoms with Crippen LogP contribution in [0.25, 0.3) is 5.57 Å². The minimum atomic E-state index is 0.0935. The van der Waals surface area contributed by atoms with E-state index in [1.807, 2.05) is 0 Å². The molecule has 1 aromatic carbocycles. The molecule has 0 heterocycles. The lowest BCUT2D eigenvalue weighted by atomic mass is 10.1. The number of ketones is 1. The SMILES string of the molecule is C=C1CC(=O)c2cc(OC)c(OC)cc21. The molecule has 0 radical (unpaired) electrons. The predicted octanol–water partition coefficient (Wildman–Crippen LogP) is 2.30. The predicted molar refractivity (Wildman–Crippen MR) is 57.5 cm³/mol. The molecule has 0 atom stereocenters. The fourth-order valence-corrected chi connectivity index (χ4v) is 1.79. The van der Waals surface area contributed by atoms with Crippen LogP contribution in [0.2, 0.25) is 0 Å². The molecular formula is C12H12O3. The molecule has 0 fully saturated rings. The fraction of sp³-hybridized carbons (Fsp3) is 0.250. The molecule has 1 aliphatic carbocycles. The van der Waals surface area contributed by atoms with Gasteiger partial charge in [0.15, 0.2) is 17.3 Å². The number of methoxy groups -OCH3 is 2. The highest BCUT2D eigenvalue weighted by Crippen LogP contribution is 2.38. The summed E-state index contributed by atoms with van der Waals surface area (Å²) in [6, 6.07) is 3.52. The van der Waals surface area contributed by atoms with E-state index >= 15 is 0 Å². The standard InChI is InChI=1S/C12H12O3/c1-7-4-10(13)9-6-12(15-3)11(14-2)5-8(7)9/h5-6H,1,4H2,2-3H3. The molecule has 3 heteroatoms. The van der Waals surface area contributed by atoms with Crippen molar-refractivity contribution in [2.45, 2.75) is 6.42 Å². The normalized spacial score (nSPS) is 14.0. The Morgan fingerprint density at radius 3 is 2.20 bits per heavy atom. The molecule has 0 N–H and O–H groups in total. The lowest BCUT2D eigenvalue weighted by Gasteiger charge is -2.09. The minimum absolute atomic E-state index is 0.0935. The zero-order chi connectivity index (χ0) is 11.0. The molecule has 15 heavy (non-hydrogen) atoms. The van der Waals surface area contributed by atoms with E-state index in [4.69, 9.17) is 9.47 Å². The third-order valence-electron chi connectivity index (χ3n) is 2.58. The molecule has 0 saturated carbocycles. The number of fused-ring (bicyclic) bond motifs is 1. The van der Waals surface area contributed by atoms with Crippen molar-refractivity contribution in [3.8, 4) is 11.5 Å². The van der Waals surface area contributed by atoms with Crippen LogP contribution in [0, 0.1) is 0 Å². The van der Waals surface area contributed by atoms with Crippen molar-refractivity contribution in [2.24, 2.45) is 0 Å². The maximum atomic E-state index is 11.6. The highest BCUT2D eigenvalue weighted by atomic mass is 16.5. The molecule has 1 aromatic rings. The van der Waals surface area contributed by atoms with Crippen LogP contribution in [0.1, 0.15) is 22.3 Å². The fourth-order valence-electron chi connectivity index (χ4n) is 1.79. The topological polar surface area (TPSA) is 35.5 Å². The van der Waals surface area contributed by atoms with E-state index in [0.717, 1.165) is 11.1 Å². The first-order chi connectivity index (χ1) is 7.17. The van der Waals surface area contributed by atoms with Crippen molar-refractivity contribution in [2.75, 3.05) is 14.2 Å². The van der Waals surface area contributed by atoms with Gasteiger partial charge in [0.25, 0.3) is 0 Å². The summed E-state index contributed by atoms with van der Waals surface area (Å²) in [4.78, 5) is 11.6. The van der Waals surface area contributed by atoms with Crippen LogP contribution in [0.5, 0.6) is 11.5 Å². The first-order valence-corrected chi connectivity index (χ1v) is 4.64. The van der Waals surface area contributed by atoms with Crippen molar-refractivity contribution < 1.29 is 14.3 Å². The van der Waals surface area contributed by atoms with Gasteiger partial charge < -0.3 is 9.47 Å². The van der Waals surface area contributed by atoms with Gasteiger partial charge in [-0.25, -0.2) is 0 Å². The van der Waals surface area contributed by atoms with Gasteiger partial charge in [0, 0.05) is 12.0 Å². The Morgan fingerprint density at radius 2 is 1.67 bits per heavy atom. The summed E-state index contributed by atoms with van der Waals surface area (Å²) >= 11 is 0. The highest BCUT2D eigenvalue weighted by molar-refractivity contribution is 6.12. The molecule has 78 valence electrons. The van der Waals surface area contributed by atoms with Gasteiger partial charge in [0.05, 0.1) is 14.2 Å². The monoisotopic (exact) mass is 204 g/mol. The third kappa shape index (κ3) is 1.40. The van der Waals surface area contributed by atoms with E-state index in [1.165, 1.54) is 0 Å². The second-order valence-electron chi connectivity index (χ2n) is 3.46. The number of hydrogen-bond donors (Lipinski definition) is 0. The lowest BCUT2D eigenvalue weighted by molar-refractivity contribution is 0.100. The largest absolute Gasteiger partial charge is 0.493 e. The first-order valence-electron chi connectivity index (χ1n) is 4.64. The van der Waals surface area contributed by atoms with Crippen LogP contribution >= 0.6 is 0 Å². The van der Waals surface area contributed by atoms with Gasteiger partial charge in [0.2, 0.25) is 0 Å². The lowest BCUT2D eigenvalue weighted by Crippen LogP contribution is -1.96. The van der Waals surface area contributed by atoms with Gasteiger partial charge in [-0.05, 0) is 23.3 Å². The van der Waals surface area contributed by atoms with Crippen LogP contribution in [0.15, 0.2) is 18.7 Å². The number of carbonyl (C=O) groups is 1. The molecule has 0 aromatic heterocycles. The maximum absolute atomic E-state index is 11.6. The number of carbonyl (C=O) groups excluding carboxylic acids is 1. The number of rotatable bonds is 2. The van der Waals surface area contributed by atoms with E-state index in [9.17, 15) is 4.79 Å². The van der Waals surface area contributed by atoms with E-state index in [0.29, 0.717) is 23.5 Å². The molecule has 0 aliphatic heterocycles. The van der Waals surface area contributed by atoms with Crippen LogP contribution in [0.3, 0.4) is 0 Å². The Labute approximate surface area is 88.3 Å². The Balaban J connectivity index is 2.63. The van der Waals surface area contributed by atoms with Crippen molar-refractivity contribution in [1.29, 1.82) is 0 Å². The number of allylic oxidation sites excluding steroid dienone is 1. The van der Waals surface area contributed by atoms with Crippen molar-refractivity contribution in [1.82, 2.24) is 0 Å². The van der Waals surface area contributed by atoms with Gasteiger partial charge in [-0.1, -0.05) is 6.58 Å². The van der Waals surface area contributed by atoms with Crippen molar-refractivity contribution >= 4 is 11.4 Å². The minimum Gasteiger partial charge on any atom is -0.493 e. The highest BCUT2D eigenvalue weighted by Gasteiger charge is 2.25. The average molecular weight is 204 g/mol. The Hall–Kier alpha value is -1.77. The summed E-state index contributed by atoms with van der Waals surface area (Å²) in [5.74, 6) is 1.31.